The minimum absolute atomic E-state index is 0.278. The SMILES string of the molecule is CC(=N[C@H]1c2cc(C#N)ccc2OC(C)(C)[C@@H]1O)NO. The number of hydrogen-bond donors (Lipinski definition) is 3. The normalized spacial score (nSPS) is 24.3. The summed E-state index contributed by atoms with van der Waals surface area (Å²) in [6.45, 7) is 5.12. The van der Waals surface area contributed by atoms with Gasteiger partial charge in [-0.15, -0.1) is 0 Å². The Balaban J connectivity index is 2.57. The fraction of sp³-hybridized carbons (Fsp3) is 0.429. The van der Waals surface area contributed by atoms with Gasteiger partial charge < -0.3 is 9.84 Å². The second-order valence-corrected chi connectivity index (χ2v) is 5.29. The number of aliphatic hydroxyl groups is 1. The van der Waals surface area contributed by atoms with Crippen molar-refractivity contribution >= 4 is 5.84 Å². The number of nitrogens with one attached hydrogen (secondary N) is 1. The van der Waals surface area contributed by atoms with Crippen molar-refractivity contribution in [2.24, 2.45) is 4.99 Å². The third kappa shape index (κ3) is 2.46. The van der Waals surface area contributed by atoms with Crippen LogP contribution < -0.4 is 10.2 Å². The van der Waals surface area contributed by atoms with E-state index in [1.54, 1.807) is 39.0 Å². The summed E-state index contributed by atoms with van der Waals surface area (Å²) >= 11 is 0. The van der Waals surface area contributed by atoms with Gasteiger partial charge in [-0.1, -0.05) is 0 Å². The lowest BCUT2D eigenvalue weighted by Crippen LogP contribution is -2.48. The average Bonchev–Trinajstić information content (AvgIpc) is 2.43. The third-order valence-electron chi connectivity index (χ3n) is 3.34. The average molecular weight is 275 g/mol. The highest BCUT2D eigenvalue weighted by atomic mass is 16.5. The van der Waals surface area contributed by atoms with Crippen LogP contribution in [0.15, 0.2) is 23.2 Å². The number of ether oxygens (including phenoxy) is 1. The fourth-order valence-electron chi connectivity index (χ4n) is 2.21. The van der Waals surface area contributed by atoms with Gasteiger partial charge in [0.25, 0.3) is 0 Å². The number of amidine groups is 1. The molecule has 1 aromatic carbocycles. The molecule has 1 heterocycles. The second kappa shape index (κ2) is 5.12. The van der Waals surface area contributed by atoms with Crippen molar-refractivity contribution in [3.05, 3.63) is 29.3 Å². The first-order valence-corrected chi connectivity index (χ1v) is 6.24. The molecular formula is C14H17N3O3. The van der Waals surface area contributed by atoms with Crippen LogP contribution in [0, 0.1) is 11.3 Å². The molecule has 20 heavy (non-hydrogen) atoms. The molecule has 0 bridgehead atoms. The molecule has 0 aliphatic carbocycles. The van der Waals surface area contributed by atoms with Crippen LogP contribution in [-0.2, 0) is 0 Å². The van der Waals surface area contributed by atoms with Crippen LogP contribution >= 0.6 is 0 Å². The summed E-state index contributed by atoms with van der Waals surface area (Å²) < 4.78 is 5.76. The summed E-state index contributed by atoms with van der Waals surface area (Å²) in [6, 6.07) is 6.44. The second-order valence-electron chi connectivity index (χ2n) is 5.29. The molecule has 0 radical (unpaired) electrons. The van der Waals surface area contributed by atoms with Crippen molar-refractivity contribution in [3.63, 3.8) is 0 Å². The zero-order valence-electron chi connectivity index (χ0n) is 11.6. The third-order valence-corrected chi connectivity index (χ3v) is 3.34. The summed E-state index contributed by atoms with van der Waals surface area (Å²) in [5.74, 6) is 0.860. The van der Waals surface area contributed by atoms with Crippen molar-refractivity contribution < 1.29 is 15.1 Å². The largest absolute Gasteiger partial charge is 0.485 e. The van der Waals surface area contributed by atoms with Gasteiger partial charge in [0.05, 0.1) is 11.6 Å². The number of nitrogens with zero attached hydrogens (tertiary/aromatic N) is 2. The zero-order valence-corrected chi connectivity index (χ0v) is 11.6. The van der Waals surface area contributed by atoms with E-state index in [-0.39, 0.29) is 5.84 Å². The molecule has 0 saturated heterocycles. The molecule has 106 valence electrons. The summed E-state index contributed by atoms with van der Waals surface area (Å²) in [5, 5.41) is 28.3. The lowest BCUT2D eigenvalue weighted by Gasteiger charge is -2.40. The quantitative estimate of drug-likeness (QED) is 0.410. The Morgan fingerprint density at radius 3 is 2.80 bits per heavy atom. The Morgan fingerprint density at radius 1 is 1.50 bits per heavy atom. The van der Waals surface area contributed by atoms with E-state index in [1.807, 2.05) is 11.5 Å². The molecule has 0 aromatic heterocycles. The van der Waals surface area contributed by atoms with Crippen molar-refractivity contribution in [1.29, 1.82) is 5.26 Å². The predicted molar refractivity (Wildman–Crippen MR) is 72.6 cm³/mol. The predicted octanol–water partition coefficient (Wildman–Crippen LogP) is 1.53. The summed E-state index contributed by atoms with van der Waals surface area (Å²) in [6.07, 6.45) is -0.896. The summed E-state index contributed by atoms with van der Waals surface area (Å²) in [7, 11) is 0. The molecule has 0 saturated carbocycles. The summed E-state index contributed by atoms with van der Waals surface area (Å²) in [4.78, 5) is 4.26. The number of benzene rings is 1. The Morgan fingerprint density at radius 2 is 2.20 bits per heavy atom. The Kier molecular flexibility index (Phi) is 3.66. The molecular weight excluding hydrogens is 258 g/mol. The van der Waals surface area contributed by atoms with Gasteiger partial charge in [-0.25, -0.2) is 0 Å². The van der Waals surface area contributed by atoms with Gasteiger partial charge in [-0.2, -0.15) is 5.26 Å². The smallest absolute Gasteiger partial charge is 0.132 e. The summed E-state index contributed by atoms with van der Waals surface area (Å²) in [5.41, 5.74) is 2.23. The van der Waals surface area contributed by atoms with Crippen molar-refractivity contribution in [2.75, 3.05) is 0 Å². The zero-order chi connectivity index (χ0) is 14.9. The van der Waals surface area contributed by atoms with Crippen LogP contribution in [-0.4, -0.2) is 27.9 Å². The first kappa shape index (κ1) is 14.3. The monoisotopic (exact) mass is 275 g/mol. The molecule has 1 aromatic rings. The van der Waals surface area contributed by atoms with E-state index in [2.05, 4.69) is 4.99 Å². The number of rotatable bonds is 1. The molecule has 3 N–H and O–H groups in total. The topological polar surface area (TPSA) is 97.9 Å². The van der Waals surface area contributed by atoms with E-state index in [1.165, 1.54) is 0 Å². The molecule has 2 rings (SSSR count). The number of fused-ring (bicyclic) bond motifs is 1. The van der Waals surface area contributed by atoms with E-state index < -0.39 is 17.7 Å². The van der Waals surface area contributed by atoms with E-state index in [9.17, 15) is 5.11 Å². The maximum atomic E-state index is 10.4. The van der Waals surface area contributed by atoms with Crippen molar-refractivity contribution in [3.8, 4) is 11.8 Å². The number of aliphatic hydroxyl groups excluding tert-OH is 1. The van der Waals surface area contributed by atoms with Crippen LogP contribution in [0.3, 0.4) is 0 Å². The van der Waals surface area contributed by atoms with Gasteiger partial charge in [0, 0.05) is 5.56 Å². The molecule has 6 heteroatoms. The van der Waals surface area contributed by atoms with E-state index >= 15 is 0 Å². The van der Waals surface area contributed by atoms with Crippen molar-refractivity contribution in [1.82, 2.24) is 5.48 Å². The minimum atomic E-state index is -0.896. The molecule has 6 nitrogen and oxygen atoms in total. The minimum Gasteiger partial charge on any atom is -0.485 e. The molecule has 1 aliphatic heterocycles. The van der Waals surface area contributed by atoms with Crippen LogP contribution in [0.4, 0.5) is 0 Å². The van der Waals surface area contributed by atoms with Gasteiger partial charge in [0.2, 0.25) is 0 Å². The highest BCUT2D eigenvalue weighted by Gasteiger charge is 2.43. The first-order chi connectivity index (χ1) is 9.39. The molecule has 0 fully saturated rings. The van der Waals surface area contributed by atoms with Gasteiger partial charge in [-0.05, 0) is 39.0 Å². The maximum absolute atomic E-state index is 10.4. The van der Waals surface area contributed by atoms with Crippen LogP contribution in [0.1, 0.15) is 37.9 Å². The van der Waals surface area contributed by atoms with Gasteiger partial charge in [0.15, 0.2) is 0 Å². The highest BCUT2D eigenvalue weighted by Crippen LogP contribution is 2.42. The molecule has 2 atom stereocenters. The Bertz CT molecular complexity index is 590. The molecule has 1 aliphatic rings. The van der Waals surface area contributed by atoms with Gasteiger partial charge >= 0.3 is 0 Å². The van der Waals surface area contributed by atoms with Gasteiger partial charge in [-0.3, -0.25) is 15.7 Å². The number of aliphatic imine (C=N–C) groups is 1. The van der Waals surface area contributed by atoms with E-state index in [0.717, 1.165) is 0 Å². The maximum Gasteiger partial charge on any atom is 0.132 e. The molecule has 0 spiro atoms. The first-order valence-electron chi connectivity index (χ1n) is 6.24. The Labute approximate surface area is 117 Å². The number of hydroxylamine groups is 1. The molecule has 0 unspecified atom stereocenters. The fourth-order valence-corrected chi connectivity index (χ4v) is 2.21. The van der Waals surface area contributed by atoms with Crippen LogP contribution in [0.25, 0.3) is 0 Å². The van der Waals surface area contributed by atoms with E-state index in [0.29, 0.717) is 16.9 Å². The molecule has 0 amide bonds. The lowest BCUT2D eigenvalue weighted by atomic mass is 9.86. The van der Waals surface area contributed by atoms with Crippen LogP contribution in [0.2, 0.25) is 0 Å². The highest BCUT2D eigenvalue weighted by molar-refractivity contribution is 5.78. The van der Waals surface area contributed by atoms with Crippen LogP contribution in [0.5, 0.6) is 5.75 Å². The number of nitriles is 1. The lowest BCUT2D eigenvalue weighted by molar-refractivity contribution is -0.0568. The van der Waals surface area contributed by atoms with Crippen molar-refractivity contribution in [2.45, 2.75) is 38.5 Å². The Hall–Kier alpha value is -2.10. The van der Waals surface area contributed by atoms with E-state index in [4.69, 9.17) is 15.2 Å². The standard InChI is InChI=1S/C14H17N3O3/c1-8(17-19)16-12-10-6-9(7-15)4-5-11(10)20-14(2,3)13(12)18/h4-6,12-13,18-19H,1-3H3,(H,16,17)/t12-,13+/m0/s1. The number of hydrogen-bond acceptors (Lipinski definition) is 5. The van der Waals surface area contributed by atoms with Gasteiger partial charge in [0.1, 0.15) is 29.3 Å².